The smallest absolute Gasteiger partial charge is 0.225 e. The number of hydrogen-bond donors (Lipinski definition) is 1. The lowest BCUT2D eigenvalue weighted by atomic mass is 9.56. The van der Waals surface area contributed by atoms with E-state index in [4.69, 9.17) is 0 Å². The second kappa shape index (κ2) is 4.79. The molecule has 1 aromatic rings. The average molecular weight is 300 g/mol. The van der Waals surface area contributed by atoms with Gasteiger partial charge in [0, 0.05) is 36.8 Å². The van der Waals surface area contributed by atoms with Crippen LogP contribution >= 0.6 is 0 Å². The van der Waals surface area contributed by atoms with Crippen molar-refractivity contribution in [1.82, 2.24) is 9.88 Å². The fourth-order valence-electron chi connectivity index (χ4n) is 4.77. The number of aromatic nitrogens is 1. The van der Waals surface area contributed by atoms with Gasteiger partial charge in [-0.05, 0) is 62.6 Å². The highest BCUT2D eigenvalue weighted by Crippen LogP contribution is 2.53. The number of hydrogen-bond acceptors (Lipinski definition) is 3. The zero-order valence-electron chi connectivity index (χ0n) is 13.2. The molecule has 1 aromatic heterocycles. The standard InChI is InChI=1S/C18H24N2O2/c1-17(22)9-15(10-17)16(21)20-11-18(12-20)7-14(8-18)6-13-2-4-19-5-3-13/h2-5,14-15,22H,6-12H2,1H3. The van der Waals surface area contributed by atoms with Crippen LogP contribution in [0.4, 0.5) is 0 Å². The van der Waals surface area contributed by atoms with E-state index in [1.165, 1.54) is 18.4 Å². The van der Waals surface area contributed by atoms with Crippen molar-refractivity contribution in [2.45, 2.75) is 44.6 Å². The minimum atomic E-state index is -0.602. The van der Waals surface area contributed by atoms with Crippen LogP contribution in [0.2, 0.25) is 0 Å². The number of likely N-dealkylation sites (tertiary alicyclic amines) is 1. The van der Waals surface area contributed by atoms with Crippen LogP contribution in [0.1, 0.15) is 38.2 Å². The zero-order chi connectivity index (χ0) is 15.4. The van der Waals surface area contributed by atoms with E-state index in [-0.39, 0.29) is 11.8 Å². The van der Waals surface area contributed by atoms with E-state index < -0.39 is 5.60 Å². The van der Waals surface area contributed by atoms with Crippen LogP contribution in [-0.4, -0.2) is 39.6 Å². The zero-order valence-corrected chi connectivity index (χ0v) is 13.2. The van der Waals surface area contributed by atoms with Gasteiger partial charge in [-0.25, -0.2) is 0 Å². The SMILES string of the molecule is CC1(O)CC(C(=O)N2CC3(CC(Cc4ccncc4)C3)C2)C1. The molecule has 4 heteroatoms. The topological polar surface area (TPSA) is 53.4 Å². The molecule has 22 heavy (non-hydrogen) atoms. The average Bonchev–Trinajstić information content (AvgIpc) is 2.37. The summed E-state index contributed by atoms with van der Waals surface area (Å²) >= 11 is 0. The number of carbonyl (C=O) groups excluding carboxylic acids is 1. The fourth-order valence-corrected chi connectivity index (χ4v) is 4.77. The molecule has 3 fully saturated rings. The predicted molar refractivity (Wildman–Crippen MR) is 83.0 cm³/mol. The van der Waals surface area contributed by atoms with E-state index in [1.807, 2.05) is 24.2 Å². The van der Waals surface area contributed by atoms with E-state index in [9.17, 15) is 9.90 Å². The van der Waals surface area contributed by atoms with Gasteiger partial charge in [0.15, 0.2) is 0 Å². The van der Waals surface area contributed by atoms with Crippen molar-refractivity contribution in [2.75, 3.05) is 13.1 Å². The Morgan fingerprint density at radius 3 is 2.50 bits per heavy atom. The summed E-state index contributed by atoms with van der Waals surface area (Å²) < 4.78 is 0. The lowest BCUT2D eigenvalue weighted by molar-refractivity contribution is -0.171. The lowest BCUT2D eigenvalue weighted by Gasteiger charge is -2.60. The quantitative estimate of drug-likeness (QED) is 0.929. The molecule has 1 amide bonds. The molecule has 118 valence electrons. The van der Waals surface area contributed by atoms with E-state index in [0.717, 1.165) is 25.4 Å². The Morgan fingerprint density at radius 1 is 1.27 bits per heavy atom. The normalized spacial score (nSPS) is 33.0. The molecule has 0 unspecified atom stereocenters. The molecule has 0 atom stereocenters. The number of rotatable bonds is 3. The number of amides is 1. The van der Waals surface area contributed by atoms with Crippen molar-refractivity contribution < 1.29 is 9.90 Å². The van der Waals surface area contributed by atoms with Crippen LogP contribution in [0.25, 0.3) is 0 Å². The highest BCUT2D eigenvalue weighted by molar-refractivity contribution is 5.81. The number of pyridine rings is 1. The Morgan fingerprint density at radius 2 is 1.91 bits per heavy atom. The molecule has 2 saturated carbocycles. The monoisotopic (exact) mass is 300 g/mol. The number of nitrogens with zero attached hydrogens (tertiary/aromatic N) is 2. The van der Waals surface area contributed by atoms with Crippen LogP contribution < -0.4 is 0 Å². The molecule has 4 nitrogen and oxygen atoms in total. The Labute approximate surface area is 131 Å². The van der Waals surface area contributed by atoms with Gasteiger partial charge in [0.2, 0.25) is 5.91 Å². The van der Waals surface area contributed by atoms with Crippen LogP contribution in [0.3, 0.4) is 0 Å². The molecule has 1 aliphatic heterocycles. The van der Waals surface area contributed by atoms with E-state index in [0.29, 0.717) is 18.3 Å². The molecule has 4 rings (SSSR count). The van der Waals surface area contributed by atoms with Gasteiger partial charge < -0.3 is 10.0 Å². The Bertz CT molecular complexity index is 562. The summed E-state index contributed by atoms with van der Waals surface area (Å²) in [7, 11) is 0. The first-order valence-electron chi connectivity index (χ1n) is 8.35. The maximum absolute atomic E-state index is 12.3. The third-order valence-corrected chi connectivity index (χ3v) is 5.80. The summed E-state index contributed by atoms with van der Waals surface area (Å²) in [4.78, 5) is 18.4. The Balaban J connectivity index is 1.23. The van der Waals surface area contributed by atoms with Gasteiger partial charge in [0.1, 0.15) is 0 Å². The molecule has 2 heterocycles. The second-order valence-corrected chi connectivity index (χ2v) is 8.13. The molecule has 1 spiro atoms. The van der Waals surface area contributed by atoms with Gasteiger partial charge in [-0.1, -0.05) is 0 Å². The van der Waals surface area contributed by atoms with Crippen molar-refractivity contribution in [2.24, 2.45) is 17.3 Å². The van der Waals surface area contributed by atoms with Gasteiger partial charge in [-0.2, -0.15) is 0 Å². The van der Waals surface area contributed by atoms with Crippen LogP contribution in [0, 0.1) is 17.3 Å². The molecule has 0 aromatic carbocycles. The third-order valence-electron chi connectivity index (χ3n) is 5.80. The van der Waals surface area contributed by atoms with Gasteiger partial charge in [-0.3, -0.25) is 9.78 Å². The summed E-state index contributed by atoms with van der Waals surface area (Å²) in [6.07, 6.45) is 8.65. The van der Waals surface area contributed by atoms with Crippen molar-refractivity contribution in [3.63, 3.8) is 0 Å². The summed E-state index contributed by atoms with van der Waals surface area (Å²) in [5.41, 5.74) is 1.19. The molecular weight excluding hydrogens is 276 g/mol. The molecule has 0 bridgehead atoms. The number of carbonyl (C=O) groups is 1. The second-order valence-electron chi connectivity index (χ2n) is 8.13. The van der Waals surface area contributed by atoms with Crippen molar-refractivity contribution in [3.05, 3.63) is 30.1 Å². The molecular formula is C18H24N2O2. The van der Waals surface area contributed by atoms with Gasteiger partial charge in [0.25, 0.3) is 0 Å². The fraction of sp³-hybridized carbons (Fsp3) is 0.667. The van der Waals surface area contributed by atoms with Gasteiger partial charge >= 0.3 is 0 Å². The van der Waals surface area contributed by atoms with Crippen molar-refractivity contribution in [3.8, 4) is 0 Å². The first-order valence-corrected chi connectivity index (χ1v) is 8.35. The van der Waals surface area contributed by atoms with Crippen molar-refractivity contribution in [1.29, 1.82) is 0 Å². The van der Waals surface area contributed by atoms with Crippen LogP contribution in [0.15, 0.2) is 24.5 Å². The minimum Gasteiger partial charge on any atom is -0.390 e. The van der Waals surface area contributed by atoms with Crippen LogP contribution in [-0.2, 0) is 11.2 Å². The van der Waals surface area contributed by atoms with Crippen LogP contribution in [0.5, 0.6) is 0 Å². The molecule has 3 aliphatic rings. The first-order chi connectivity index (χ1) is 10.4. The predicted octanol–water partition coefficient (Wildman–Crippen LogP) is 2.02. The van der Waals surface area contributed by atoms with Gasteiger partial charge in [-0.15, -0.1) is 0 Å². The first kappa shape index (κ1) is 14.2. The summed E-state index contributed by atoms with van der Waals surface area (Å²) in [6, 6.07) is 4.20. The molecule has 1 N–H and O–H groups in total. The summed E-state index contributed by atoms with van der Waals surface area (Å²) in [6.45, 7) is 3.71. The lowest BCUT2D eigenvalue weighted by Crippen LogP contribution is -2.66. The van der Waals surface area contributed by atoms with E-state index in [1.54, 1.807) is 0 Å². The molecule has 1 saturated heterocycles. The maximum atomic E-state index is 12.3. The maximum Gasteiger partial charge on any atom is 0.225 e. The molecule has 0 radical (unpaired) electrons. The summed E-state index contributed by atoms with van der Waals surface area (Å²) in [5, 5.41) is 9.76. The largest absolute Gasteiger partial charge is 0.390 e. The Kier molecular flexibility index (Phi) is 3.09. The van der Waals surface area contributed by atoms with E-state index in [2.05, 4.69) is 17.1 Å². The van der Waals surface area contributed by atoms with E-state index >= 15 is 0 Å². The highest BCUT2D eigenvalue weighted by Gasteiger charge is 2.55. The highest BCUT2D eigenvalue weighted by atomic mass is 16.3. The molecule has 2 aliphatic carbocycles. The Hall–Kier alpha value is -1.42. The van der Waals surface area contributed by atoms with Crippen molar-refractivity contribution >= 4 is 5.91 Å². The van der Waals surface area contributed by atoms with Gasteiger partial charge in [0.05, 0.1) is 5.60 Å². The third kappa shape index (κ3) is 2.43. The minimum absolute atomic E-state index is 0.0695. The summed E-state index contributed by atoms with van der Waals surface area (Å²) in [5.74, 6) is 1.11. The number of aliphatic hydroxyl groups is 1.